The van der Waals surface area contributed by atoms with Gasteiger partial charge in [-0.25, -0.2) is 0 Å². The Morgan fingerprint density at radius 3 is 2.62 bits per heavy atom. The van der Waals surface area contributed by atoms with Crippen LogP contribution in [0.15, 0.2) is 0 Å². The molecule has 1 saturated heterocycles. The van der Waals surface area contributed by atoms with E-state index in [1.165, 1.54) is 0 Å². The number of rotatable bonds is 4. The van der Waals surface area contributed by atoms with E-state index >= 15 is 0 Å². The third-order valence-corrected chi connectivity index (χ3v) is 3.16. The normalized spacial score (nSPS) is 24.0. The van der Waals surface area contributed by atoms with Crippen molar-refractivity contribution >= 4 is 0 Å². The summed E-state index contributed by atoms with van der Waals surface area (Å²) in [7, 11) is 0. The van der Waals surface area contributed by atoms with Gasteiger partial charge >= 0.3 is 0 Å². The highest BCUT2D eigenvalue weighted by Crippen LogP contribution is 2.21. The molecular formula is C13H28N2O. The van der Waals surface area contributed by atoms with Crippen LogP contribution in [0, 0.1) is 5.41 Å². The van der Waals surface area contributed by atoms with Crippen LogP contribution in [0.25, 0.3) is 0 Å². The molecule has 96 valence electrons. The average Bonchev–Trinajstić information content (AvgIpc) is 2.16. The second-order valence-electron chi connectivity index (χ2n) is 6.09. The fraction of sp³-hybridized carbons (Fsp3) is 1.00. The molecule has 0 saturated carbocycles. The molecule has 1 N–H and O–H groups in total. The van der Waals surface area contributed by atoms with Crippen LogP contribution in [-0.2, 0) is 4.74 Å². The highest BCUT2D eigenvalue weighted by Gasteiger charge is 2.28. The summed E-state index contributed by atoms with van der Waals surface area (Å²) in [6.45, 7) is 16.4. The molecular weight excluding hydrogens is 200 g/mol. The summed E-state index contributed by atoms with van der Waals surface area (Å²) >= 11 is 0. The smallest absolute Gasteiger partial charge is 0.0596 e. The molecule has 1 atom stereocenters. The van der Waals surface area contributed by atoms with Gasteiger partial charge in [-0.15, -0.1) is 0 Å². The Morgan fingerprint density at radius 1 is 1.38 bits per heavy atom. The van der Waals surface area contributed by atoms with Crippen LogP contribution in [0.4, 0.5) is 0 Å². The number of ether oxygens (including phenoxy) is 1. The largest absolute Gasteiger partial charge is 0.377 e. The zero-order valence-corrected chi connectivity index (χ0v) is 11.5. The minimum absolute atomic E-state index is 0.345. The van der Waals surface area contributed by atoms with E-state index in [4.69, 9.17) is 4.74 Å². The molecule has 16 heavy (non-hydrogen) atoms. The Bertz CT molecular complexity index is 199. The van der Waals surface area contributed by atoms with Crippen LogP contribution in [0.2, 0.25) is 0 Å². The first-order valence-electron chi connectivity index (χ1n) is 6.47. The maximum atomic E-state index is 5.60. The summed E-state index contributed by atoms with van der Waals surface area (Å²) in [4.78, 5) is 2.51. The molecule has 0 aromatic carbocycles. The van der Waals surface area contributed by atoms with Gasteiger partial charge < -0.3 is 10.1 Å². The maximum Gasteiger partial charge on any atom is 0.0596 e. The number of piperazine rings is 1. The number of nitrogens with zero attached hydrogens (tertiary/aromatic N) is 1. The van der Waals surface area contributed by atoms with Gasteiger partial charge in [0.05, 0.1) is 12.7 Å². The number of nitrogens with one attached hydrogen (secondary N) is 1. The zero-order chi connectivity index (χ0) is 12.2. The number of hydrogen-bond acceptors (Lipinski definition) is 3. The maximum absolute atomic E-state index is 5.60. The Balaban J connectivity index is 2.28. The molecule has 0 radical (unpaired) electrons. The van der Waals surface area contributed by atoms with Crippen LogP contribution in [0.5, 0.6) is 0 Å². The molecule has 0 spiro atoms. The Kier molecular flexibility index (Phi) is 5.22. The predicted molar refractivity (Wildman–Crippen MR) is 68.8 cm³/mol. The molecule has 1 aliphatic heterocycles. The fourth-order valence-electron chi connectivity index (χ4n) is 2.01. The lowest BCUT2D eigenvalue weighted by atomic mass is 9.85. The first kappa shape index (κ1) is 13.9. The van der Waals surface area contributed by atoms with Gasteiger partial charge in [-0.2, -0.15) is 0 Å². The molecule has 0 aromatic rings. The first-order chi connectivity index (χ1) is 7.39. The van der Waals surface area contributed by atoms with E-state index in [-0.39, 0.29) is 0 Å². The molecule has 1 heterocycles. The van der Waals surface area contributed by atoms with E-state index < -0.39 is 0 Å². The molecule has 1 aliphatic rings. The van der Waals surface area contributed by atoms with Crippen molar-refractivity contribution in [3.8, 4) is 0 Å². The Morgan fingerprint density at radius 2 is 2.06 bits per heavy atom. The molecule has 0 amide bonds. The Labute approximate surface area is 101 Å². The minimum atomic E-state index is 0.345. The van der Waals surface area contributed by atoms with Gasteiger partial charge in [0, 0.05) is 32.2 Å². The lowest BCUT2D eigenvalue weighted by Gasteiger charge is -2.40. The number of hydrogen-bond donors (Lipinski definition) is 1. The quantitative estimate of drug-likeness (QED) is 0.793. The van der Waals surface area contributed by atoms with E-state index in [0.717, 1.165) is 32.8 Å². The molecule has 0 aliphatic carbocycles. The molecule has 1 unspecified atom stereocenters. The standard InChI is InChI=1S/C13H28N2O/c1-11(2)16-9-8-15-7-6-14-12(10-15)13(3,4)5/h11-12,14H,6-10H2,1-5H3. The van der Waals surface area contributed by atoms with Crippen molar-refractivity contribution in [3.63, 3.8) is 0 Å². The van der Waals surface area contributed by atoms with Crippen molar-refractivity contribution in [1.29, 1.82) is 0 Å². The van der Waals surface area contributed by atoms with Crippen LogP contribution in [-0.4, -0.2) is 49.8 Å². The van der Waals surface area contributed by atoms with E-state index in [2.05, 4.69) is 44.8 Å². The van der Waals surface area contributed by atoms with Crippen molar-refractivity contribution in [2.24, 2.45) is 5.41 Å². The van der Waals surface area contributed by atoms with Gasteiger partial charge in [-0.05, 0) is 19.3 Å². The summed E-state index contributed by atoms with van der Waals surface area (Å²) in [5.74, 6) is 0. The molecule has 1 fully saturated rings. The highest BCUT2D eigenvalue weighted by molar-refractivity contribution is 4.87. The van der Waals surface area contributed by atoms with Crippen molar-refractivity contribution in [1.82, 2.24) is 10.2 Å². The molecule has 3 nitrogen and oxygen atoms in total. The second kappa shape index (κ2) is 5.99. The van der Waals surface area contributed by atoms with Gasteiger partial charge in [-0.1, -0.05) is 20.8 Å². The van der Waals surface area contributed by atoms with Gasteiger partial charge in [-0.3, -0.25) is 4.90 Å². The van der Waals surface area contributed by atoms with Gasteiger partial charge in [0.25, 0.3) is 0 Å². The van der Waals surface area contributed by atoms with Gasteiger partial charge in [0.2, 0.25) is 0 Å². The van der Waals surface area contributed by atoms with Crippen molar-refractivity contribution in [3.05, 3.63) is 0 Å². The SMILES string of the molecule is CC(C)OCCN1CCNC(C(C)(C)C)C1. The summed E-state index contributed by atoms with van der Waals surface area (Å²) in [6, 6.07) is 0.597. The van der Waals surface area contributed by atoms with Gasteiger partial charge in [0.1, 0.15) is 0 Å². The summed E-state index contributed by atoms with van der Waals surface area (Å²) < 4.78 is 5.60. The summed E-state index contributed by atoms with van der Waals surface area (Å²) in [6.07, 6.45) is 0.348. The predicted octanol–water partition coefficient (Wildman–Crippen LogP) is 1.73. The average molecular weight is 228 g/mol. The van der Waals surface area contributed by atoms with Crippen molar-refractivity contribution < 1.29 is 4.74 Å². The highest BCUT2D eigenvalue weighted by atomic mass is 16.5. The molecule has 1 rings (SSSR count). The van der Waals surface area contributed by atoms with E-state index in [1.54, 1.807) is 0 Å². The minimum Gasteiger partial charge on any atom is -0.377 e. The lowest BCUT2D eigenvalue weighted by molar-refractivity contribution is 0.0451. The topological polar surface area (TPSA) is 24.5 Å². The third kappa shape index (κ3) is 4.81. The van der Waals surface area contributed by atoms with Crippen molar-refractivity contribution in [2.75, 3.05) is 32.8 Å². The van der Waals surface area contributed by atoms with Crippen molar-refractivity contribution in [2.45, 2.75) is 46.8 Å². The van der Waals surface area contributed by atoms with Crippen LogP contribution >= 0.6 is 0 Å². The van der Waals surface area contributed by atoms with E-state index in [9.17, 15) is 0 Å². The van der Waals surface area contributed by atoms with E-state index in [0.29, 0.717) is 17.6 Å². The summed E-state index contributed by atoms with van der Waals surface area (Å²) in [5.41, 5.74) is 0.345. The fourth-order valence-corrected chi connectivity index (χ4v) is 2.01. The monoisotopic (exact) mass is 228 g/mol. The third-order valence-electron chi connectivity index (χ3n) is 3.16. The Hall–Kier alpha value is -0.120. The second-order valence-corrected chi connectivity index (χ2v) is 6.09. The van der Waals surface area contributed by atoms with Crippen LogP contribution in [0.1, 0.15) is 34.6 Å². The van der Waals surface area contributed by atoms with Crippen LogP contribution < -0.4 is 5.32 Å². The molecule has 0 bridgehead atoms. The first-order valence-corrected chi connectivity index (χ1v) is 6.47. The molecule has 0 aromatic heterocycles. The summed E-state index contributed by atoms with van der Waals surface area (Å²) in [5, 5.41) is 3.61. The zero-order valence-electron chi connectivity index (χ0n) is 11.5. The van der Waals surface area contributed by atoms with Gasteiger partial charge in [0.15, 0.2) is 0 Å². The van der Waals surface area contributed by atoms with E-state index in [1.807, 2.05) is 0 Å². The molecule has 3 heteroatoms. The lowest BCUT2D eigenvalue weighted by Crippen LogP contribution is -2.56. The van der Waals surface area contributed by atoms with Crippen LogP contribution in [0.3, 0.4) is 0 Å².